The second kappa shape index (κ2) is 11.5. The molecule has 2 aliphatic rings. The second-order valence-electron chi connectivity index (χ2n) is 10.1. The summed E-state index contributed by atoms with van der Waals surface area (Å²) < 4.78 is 0. The molecular formula is C31H38O3. The molecule has 3 aromatic rings. The van der Waals surface area contributed by atoms with Crippen LogP contribution in [0.25, 0.3) is 11.1 Å². The Balaban J connectivity index is 0.000000291. The van der Waals surface area contributed by atoms with Crippen molar-refractivity contribution in [3.8, 4) is 28.4 Å². The average molecular weight is 459 g/mol. The highest BCUT2D eigenvalue weighted by molar-refractivity contribution is 5.68. The smallest absolute Gasteiger partial charge is 0.119 e. The molecule has 2 aliphatic carbocycles. The Hall–Kier alpha value is -2.94. The van der Waals surface area contributed by atoms with Crippen LogP contribution < -0.4 is 0 Å². The maximum absolute atomic E-state index is 10.4. The van der Waals surface area contributed by atoms with E-state index >= 15 is 0 Å². The molecule has 34 heavy (non-hydrogen) atoms. The van der Waals surface area contributed by atoms with Crippen LogP contribution >= 0.6 is 0 Å². The number of rotatable bonds is 3. The first-order valence-corrected chi connectivity index (χ1v) is 12.9. The van der Waals surface area contributed by atoms with E-state index in [1.807, 2.05) is 43.3 Å². The van der Waals surface area contributed by atoms with E-state index in [9.17, 15) is 10.2 Å². The summed E-state index contributed by atoms with van der Waals surface area (Å²) in [6.07, 6.45) is 12.4. The monoisotopic (exact) mass is 458 g/mol. The highest BCUT2D eigenvalue weighted by Crippen LogP contribution is 2.41. The SMILES string of the molecule is Cc1ccc(O)cc1.Oc1ccc(-c2ccc(O)c(C3CCCCC3)c2)cc1C1CCCCC1. The Labute approximate surface area is 204 Å². The van der Waals surface area contributed by atoms with Crippen molar-refractivity contribution in [1.29, 1.82) is 0 Å². The molecule has 0 radical (unpaired) electrons. The third-order valence-electron chi connectivity index (χ3n) is 7.51. The summed E-state index contributed by atoms with van der Waals surface area (Å²) in [5.41, 5.74) is 5.69. The van der Waals surface area contributed by atoms with E-state index in [1.165, 1.54) is 69.8 Å². The minimum absolute atomic E-state index is 0.329. The number of hydrogen-bond donors (Lipinski definition) is 3. The van der Waals surface area contributed by atoms with Gasteiger partial charge in [0, 0.05) is 0 Å². The molecule has 0 saturated heterocycles. The van der Waals surface area contributed by atoms with Crippen molar-refractivity contribution in [1.82, 2.24) is 0 Å². The van der Waals surface area contributed by atoms with E-state index in [0.717, 1.165) is 22.3 Å². The molecule has 0 atom stereocenters. The highest BCUT2D eigenvalue weighted by atomic mass is 16.3. The molecule has 0 aliphatic heterocycles. The lowest BCUT2D eigenvalue weighted by Crippen LogP contribution is -2.05. The minimum atomic E-state index is 0.329. The molecule has 3 heteroatoms. The van der Waals surface area contributed by atoms with E-state index in [4.69, 9.17) is 5.11 Å². The van der Waals surface area contributed by atoms with Crippen molar-refractivity contribution in [3.05, 3.63) is 77.4 Å². The fourth-order valence-electron chi connectivity index (χ4n) is 5.49. The fourth-order valence-corrected chi connectivity index (χ4v) is 5.49. The molecule has 0 unspecified atom stereocenters. The molecule has 3 nitrogen and oxygen atoms in total. The first kappa shape index (κ1) is 24.2. The Morgan fingerprint density at radius 2 is 0.941 bits per heavy atom. The molecular weight excluding hydrogens is 420 g/mol. The molecule has 0 amide bonds. The van der Waals surface area contributed by atoms with Gasteiger partial charge in [-0.05, 0) is 103 Å². The van der Waals surface area contributed by atoms with Crippen LogP contribution in [0.2, 0.25) is 0 Å². The van der Waals surface area contributed by atoms with Crippen molar-refractivity contribution in [3.63, 3.8) is 0 Å². The van der Waals surface area contributed by atoms with E-state index in [-0.39, 0.29) is 0 Å². The molecule has 0 bridgehead atoms. The Kier molecular flexibility index (Phi) is 8.16. The van der Waals surface area contributed by atoms with Gasteiger partial charge in [-0.1, -0.05) is 68.4 Å². The van der Waals surface area contributed by atoms with Crippen LogP contribution in [0.1, 0.15) is 92.7 Å². The van der Waals surface area contributed by atoms with Crippen LogP contribution in [0.4, 0.5) is 0 Å². The van der Waals surface area contributed by atoms with Crippen molar-refractivity contribution >= 4 is 0 Å². The van der Waals surface area contributed by atoms with Gasteiger partial charge in [0.05, 0.1) is 0 Å². The normalized spacial score (nSPS) is 17.1. The lowest BCUT2D eigenvalue weighted by molar-refractivity contribution is 0.414. The zero-order valence-corrected chi connectivity index (χ0v) is 20.3. The number of aromatic hydroxyl groups is 3. The highest BCUT2D eigenvalue weighted by Gasteiger charge is 2.21. The average Bonchev–Trinajstić information content (AvgIpc) is 2.88. The van der Waals surface area contributed by atoms with Gasteiger partial charge in [-0.3, -0.25) is 0 Å². The Bertz CT molecular complexity index is 972. The Morgan fingerprint density at radius 1 is 0.529 bits per heavy atom. The topological polar surface area (TPSA) is 60.7 Å². The summed E-state index contributed by atoms with van der Waals surface area (Å²) in [5, 5.41) is 29.6. The van der Waals surface area contributed by atoms with Gasteiger partial charge in [-0.15, -0.1) is 0 Å². The second-order valence-corrected chi connectivity index (χ2v) is 10.1. The standard InChI is InChI=1S/C24H30O2.C7H8O/c25-23-13-11-19(15-21(23)17-7-3-1-4-8-17)20-12-14-24(26)22(16-20)18-9-5-2-6-10-18;1-6-2-4-7(8)5-3-6/h11-18,25-26H,1-10H2;2-5,8H,1H3. The van der Waals surface area contributed by atoms with E-state index in [1.54, 1.807) is 12.1 Å². The maximum Gasteiger partial charge on any atom is 0.119 e. The molecule has 3 aromatic carbocycles. The van der Waals surface area contributed by atoms with Crippen LogP contribution in [0.5, 0.6) is 17.2 Å². The molecule has 3 N–H and O–H groups in total. The van der Waals surface area contributed by atoms with Gasteiger partial charge in [0.2, 0.25) is 0 Å². The largest absolute Gasteiger partial charge is 0.508 e. The number of aryl methyl sites for hydroxylation is 1. The van der Waals surface area contributed by atoms with Gasteiger partial charge in [0.15, 0.2) is 0 Å². The van der Waals surface area contributed by atoms with Gasteiger partial charge in [0.25, 0.3) is 0 Å². The summed E-state index contributed by atoms with van der Waals surface area (Å²) in [6, 6.07) is 19.2. The van der Waals surface area contributed by atoms with Gasteiger partial charge < -0.3 is 15.3 Å². The predicted octanol–water partition coefficient (Wildman–Crippen LogP) is 8.56. The molecule has 0 heterocycles. The summed E-state index contributed by atoms with van der Waals surface area (Å²) in [6.45, 7) is 1.99. The lowest BCUT2D eigenvalue weighted by atomic mass is 9.81. The fraction of sp³-hybridized carbons (Fsp3) is 0.419. The number of benzene rings is 3. The van der Waals surface area contributed by atoms with Crippen LogP contribution in [-0.2, 0) is 0 Å². The molecule has 2 fully saturated rings. The summed E-state index contributed by atoms with van der Waals surface area (Å²) >= 11 is 0. The van der Waals surface area contributed by atoms with Gasteiger partial charge in [0.1, 0.15) is 17.2 Å². The first-order chi connectivity index (χ1) is 16.5. The molecule has 2 saturated carbocycles. The predicted molar refractivity (Wildman–Crippen MR) is 140 cm³/mol. The summed E-state index contributed by atoms with van der Waals surface area (Å²) in [4.78, 5) is 0. The van der Waals surface area contributed by atoms with Crippen molar-refractivity contribution in [2.75, 3.05) is 0 Å². The zero-order chi connectivity index (χ0) is 23.9. The number of phenols is 3. The van der Waals surface area contributed by atoms with Gasteiger partial charge in [-0.2, -0.15) is 0 Å². The van der Waals surface area contributed by atoms with Crippen molar-refractivity contribution in [2.24, 2.45) is 0 Å². The first-order valence-electron chi connectivity index (χ1n) is 12.9. The lowest BCUT2D eigenvalue weighted by Gasteiger charge is -2.24. The summed E-state index contributed by atoms with van der Waals surface area (Å²) in [5.74, 6) is 2.17. The number of phenolic OH excluding ortho intramolecular Hbond substituents is 3. The van der Waals surface area contributed by atoms with E-state index in [2.05, 4.69) is 12.1 Å². The van der Waals surface area contributed by atoms with Crippen LogP contribution in [-0.4, -0.2) is 15.3 Å². The molecule has 180 valence electrons. The molecule has 0 spiro atoms. The molecule has 5 rings (SSSR count). The molecule has 0 aromatic heterocycles. The van der Waals surface area contributed by atoms with Gasteiger partial charge in [-0.25, -0.2) is 0 Å². The van der Waals surface area contributed by atoms with Gasteiger partial charge >= 0.3 is 0 Å². The summed E-state index contributed by atoms with van der Waals surface area (Å²) in [7, 11) is 0. The van der Waals surface area contributed by atoms with Crippen molar-refractivity contribution in [2.45, 2.75) is 83.0 Å². The zero-order valence-electron chi connectivity index (χ0n) is 20.3. The third-order valence-corrected chi connectivity index (χ3v) is 7.51. The maximum atomic E-state index is 10.4. The van der Waals surface area contributed by atoms with Crippen LogP contribution in [0.3, 0.4) is 0 Å². The van der Waals surface area contributed by atoms with Crippen molar-refractivity contribution < 1.29 is 15.3 Å². The third kappa shape index (κ3) is 6.14. The van der Waals surface area contributed by atoms with Crippen LogP contribution in [0, 0.1) is 6.92 Å². The Morgan fingerprint density at radius 3 is 1.32 bits per heavy atom. The van der Waals surface area contributed by atoms with Crippen LogP contribution in [0.15, 0.2) is 60.7 Å². The van der Waals surface area contributed by atoms with E-state index in [0.29, 0.717) is 29.1 Å². The minimum Gasteiger partial charge on any atom is -0.508 e. The van der Waals surface area contributed by atoms with E-state index < -0.39 is 0 Å². The number of hydrogen-bond acceptors (Lipinski definition) is 3. The quantitative estimate of drug-likeness (QED) is 0.368.